The van der Waals surface area contributed by atoms with Gasteiger partial charge >= 0.3 is 6.03 Å². The van der Waals surface area contributed by atoms with E-state index in [1.807, 2.05) is 51.9 Å². The van der Waals surface area contributed by atoms with Gasteiger partial charge in [0.2, 0.25) is 0 Å². The lowest BCUT2D eigenvalue weighted by Crippen LogP contribution is -2.50. The van der Waals surface area contributed by atoms with Crippen LogP contribution in [-0.2, 0) is 6.42 Å². The number of likely N-dealkylation sites (tertiary alicyclic amines) is 1. The van der Waals surface area contributed by atoms with Gasteiger partial charge in [-0.15, -0.1) is 10.2 Å². The molecule has 6 nitrogen and oxygen atoms in total. The Morgan fingerprint density at radius 3 is 2.75 bits per heavy atom. The molecule has 3 aromatic rings. The molecule has 1 N–H and O–H groups in total. The molecule has 1 fully saturated rings. The lowest BCUT2D eigenvalue weighted by molar-refractivity contribution is 0.115. The molecular weight excluding hydrogens is 302 g/mol. The van der Waals surface area contributed by atoms with E-state index in [1.54, 1.807) is 0 Å². The fraction of sp³-hybridized carbons (Fsp3) is 0.278. The molecule has 122 valence electrons. The Hall–Kier alpha value is -2.89. The number of amides is 2. The van der Waals surface area contributed by atoms with Gasteiger partial charge in [-0.25, -0.2) is 4.79 Å². The molecule has 0 unspecified atom stereocenters. The number of carbonyl (C=O) groups is 1. The van der Waals surface area contributed by atoms with Crippen molar-refractivity contribution in [2.75, 3.05) is 13.1 Å². The summed E-state index contributed by atoms with van der Waals surface area (Å²) in [5.41, 5.74) is 2.02. The highest BCUT2D eigenvalue weighted by Crippen LogP contribution is 2.32. The van der Waals surface area contributed by atoms with Crippen molar-refractivity contribution in [3.8, 4) is 0 Å². The van der Waals surface area contributed by atoms with Crippen molar-refractivity contribution in [2.45, 2.75) is 18.9 Å². The van der Waals surface area contributed by atoms with Crippen molar-refractivity contribution in [2.24, 2.45) is 0 Å². The summed E-state index contributed by atoms with van der Waals surface area (Å²) in [6.07, 6.45) is 3.61. The molecule has 0 saturated carbocycles. The predicted octanol–water partition coefficient (Wildman–Crippen LogP) is 2.43. The second-order valence-corrected chi connectivity index (χ2v) is 5.94. The first-order valence-electron chi connectivity index (χ1n) is 8.21. The number of rotatable bonds is 4. The monoisotopic (exact) mass is 321 g/mol. The summed E-state index contributed by atoms with van der Waals surface area (Å²) >= 11 is 0. The number of nitrogens with zero attached hydrogens (tertiary/aromatic N) is 4. The Kier molecular flexibility index (Phi) is 3.86. The van der Waals surface area contributed by atoms with E-state index in [9.17, 15) is 4.79 Å². The molecule has 24 heavy (non-hydrogen) atoms. The van der Waals surface area contributed by atoms with E-state index >= 15 is 0 Å². The number of urea groups is 1. The molecular formula is C18H19N5O. The maximum Gasteiger partial charge on any atom is 0.317 e. The van der Waals surface area contributed by atoms with E-state index < -0.39 is 0 Å². The van der Waals surface area contributed by atoms with Gasteiger partial charge in [0.15, 0.2) is 5.65 Å². The van der Waals surface area contributed by atoms with Gasteiger partial charge < -0.3 is 10.2 Å². The van der Waals surface area contributed by atoms with E-state index in [0.717, 1.165) is 24.4 Å². The topological polar surface area (TPSA) is 62.5 Å². The number of carbonyl (C=O) groups excluding carboxylic acids is 1. The van der Waals surface area contributed by atoms with Crippen LogP contribution in [-0.4, -0.2) is 38.6 Å². The minimum atomic E-state index is -0.0103. The second kappa shape index (κ2) is 6.31. The molecule has 1 atom stereocenters. The fourth-order valence-corrected chi connectivity index (χ4v) is 3.10. The third kappa shape index (κ3) is 2.71. The van der Waals surface area contributed by atoms with Gasteiger partial charge in [0, 0.05) is 25.7 Å². The summed E-state index contributed by atoms with van der Waals surface area (Å²) in [6, 6.07) is 16.2. The first-order chi connectivity index (χ1) is 11.8. The molecule has 6 heteroatoms. The Labute approximate surface area is 140 Å². The normalized spacial score (nSPS) is 16.8. The largest absolute Gasteiger partial charge is 0.338 e. The Morgan fingerprint density at radius 1 is 1.12 bits per heavy atom. The van der Waals surface area contributed by atoms with Gasteiger partial charge in [-0.1, -0.05) is 36.4 Å². The van der Waals surface area contributed by atoms with Crippen molar-refractivity contribution in [1.82, 2.24) is 24.8 Å². The molecule has 2 amide bonds. The van der Waals surface area contributed by atoms with E-state index in [0.29, 0.717) is 13.0 Å². The molecule has 0 aliphatic carbocycles. The van der Waals surface area contributed by atoms with Crippen LogP contribution in [0, 0.1) is 0 Å². The average molecular weight is 321 g/mol. The summed E-state index contributed by atoms with van der Waals surface area (Å²) < 4.78 is 1.95. The zero-order chi connectivity index (χ0) is 16.4. The summed E-state index contributed by atoms with van der Waals surface area (Å²) in [4.78, 5) is 14.3. The minimum Gasteiger partial charge on any atom is -0.338 e. The van der Waals surface area contributed by atoms with Crippen LogP contribution in [0.3, 0.4) is 0 Å². The third-order valence-corrected chi connectivity index (χ3v) is 4.47. The van der Waals surface area contributed by atoms with E-state index in [4.69, 9.17) is 0 Å². The van der Waals surface area contributed by atoms with Gasteiger partial charge in [0.05, 0.1) is 6.04 Å². The van der Waals surface area contributed by atoms with Crippen LogP contribution in [0.1, 0.15) is 23.9 Å². The number of aromatic nitrogens is 3. The first-order valence-corrected chi connectivity index (χ1v) is 8.21. The van der Waals surface area contributed by atoms with E-state index in [1.165, 1.54) is 5.56 Å². The summed E-state index contributed by atoms with van der Waals surface area (Å²) in [6.45, 7) is 1.35. The SMILES string of the molecule is O=C(NCCc1nnc2ccccn12)N1CC[C@H]1c1ccccc1. The minimum absolute atomic E-state index is 0.0103. The highest BCUT2D eigenvalue weighted by atomic mass is 16.2. The Bertz CT molecular complexity index is 845. The van der Waals surface area contributed by atoms with Gasteiger partial charge in [-0.05, 0) is 24.1 Å². The average Bonchev–Trinajstić information content (AvgIpc) is 2.98. The van der Waals surface area contributed by atoms with Gasteiger partial charge in [0.25, 0.3) is 0 Å². The van der Waals surface area contributed by atoms with Crippen LogP contribution in [0.4, 0.5) is 4.79 Å². The molecule has 2 aromatic heterocycles. The van der Waals surface area contributed by atoms with Crippen molar-refractivity contribution in [1.29, 1.82) is 0 Å². The van der Waals surface area contributed by atoms with E-state index in [-0.39, 0.29) is 12.1 Å². The number of benzene rings is 1. The summed E-state index contributed by atoms with van der Waals surface area (Å²) in [5, 5.41) is 11.3. The quantitative estimate of drug-likeness (QED) is 0.803. The number of fused-ring (bicyclic) bond motifs is 1. The van der Waals surface area contributed by atoms with Gasteiger partial charge in [-0.3, -0.25) is 4.40 Å². The van der Waals surface area contributed by atoms with Gasteiger partial charge in [-0.2, -0.15) is 0 Å². The zero-order valence-electron chi connectivity index (χ0n) is 13.3. The standard InChI is InChI=1S/C18H19N5O/c24-18(22-13-10-15(22)14-6-2-1-3-7-14)19-11-9-17-21-20-16-8-4-5-12-23(16)17/h1-8,12,15H,9-11,13H2,(H,19,24)/t15-/m0/s1. The van der Waals surface area contributed by atoms with Crippen LogP contribution < -0.4 is 5.32 Å². The molecule has 3 heterocycles. The van der Waals surface area contributed by atoms with Crippen molar-refractivity contribution >= 4 is 11.7 Å². The molecule has 1 saturated heterocycles. The highest BCUT2D eigenvalue weighted by molar-refractivity contribution is 5.75. The van der Waals surface area contributed by atoms with Crippen LogP contribution in [0.5, 0.6) is 0 Å². The number of pyridine rings is 1. The number of hydrogen-bond acceptors (Lipinski definition) is 3. The molecule has 1 aromatic carbocycles. The lowest BCUT2D eigenvalue weighted by Gasteiger charge is -2.41. The van der Waals surface area contributed by atoms with Crippen molar-refractivity contribution in [3.63, 3.8) is 0 Å². The molecule has 1 aliphatic rings. The van der Waals surface area contributed by atoms with E-state index in [2.05, 4.69) is 27.6 Å². The van der Waals surface area contributed by atoms with Gasteiger partial charge in [0.1, 0.15) is 5.82 Å². The zero-order valence-corrected chi connectivity index (χ0v) is 13.3. The van der Waals surface area contributed by atoms with Crippen molar-refractivity contribution < 1.29 is 4.79 Å². The molecule has 0 radical (unpaired) electrons. The second-order valence-electron chi connectivity index (χ2n) is 5.94. The smallest absolute Gasteiger partial charge is 0.317 e. The summed E-state index contributed by atoms with van der Waals surface area (Å²) in [5.74, 6) is 0.856. The highest BCUT2D eigenvalue weighted by Gasteiger charge is 2.32. The molecule has 0 bridgehead atoms. The molecule has 1 aliphatic heterocycles. The lowest BCUT2D eigenvalue weighted by atomic mass is 9.95. The van der Waals surface area contributed by atoms with Crippen molar-refractivity contribution in [3.05, 3.63) is 66.1 Å². The summed E-state index contributed by atoms with van der Waals surface area (Å²) in [7, 11) is 0. The number of hydrogen-bond donors (Lipinski definition) is 1. The third-order valence-electron chi connectivity index (χ3n) is 4.47. The number of nitrogens with one attached hydrogen (secondary N) is 1. The molecule has 0 spiro atoms. The first kappa shape index (κ1) is 14.7. The predicted molar refractivity (Wildman–Crippen MR) is 90.6 cm³/mol. The Balaban J connectivity index is 1.34. The maximum atomic E-state index is 12.4. The fourth-order valence-electron chi connectivity index (χ4n) is 3.10. The molecule has 4 rings (SSSR count). The maximum absolute atomic E-state index is 12.4. The van der Waals surface area contributed by atoms with Crippen LogP contribution >= 0.6 is 0 Å². The van der Waals surface area contributed by atoms with Crippen LogP contribution in [0.2, 0.25) is 0 Å². The van der Waals surface area contributed by atoms with Crippen LogP contribution in [0.25, 0.3) is 5.65 Å². The van der Waals surface area contributed by atoms with Crippen LogP contribution in [0.15, 0.2) is 54.7 Å². The Morgan fingerprint density at radius 2 is 1.96 bits per heavy atom.